The van der Waals surface area contributed by atoms with Gasteiger partial charge >= 0.3 is 0 Å². The smallest absolute Gasteiger partial charge is 0.216 e. The van der Waals surface area contributed by atoms with Crippen molar-refractivity contribution in [2.24, 2.45) is 11.8 Å². The predicted octanol–water partition coefficient (Wildman–Crippen LogP) is 1.27. The summed E-state index contributed by atoms with van der Waals surface area (Å²) >= 11 is 0. The lowest BCUT2D eigenvalue weighted by molar-refractivity contribution is 0.394. The van der Waals surface area contributed by atoms with Gasteiger partial charge in [0.15, 0.2) is 0 Å². The molecule has 0 saturated heterocycles. The van der Waals surface area contributed by atoms with Gasteiger partial charge in [0.05, 0.1) is 7.11 Å². The van der Waals surface area contributed by atoms with Crippen LogP contribution in [0.2, 0.25) is 0 Å². The highest BCUT2D eigenvalue weighted by molar-refractivity contribution is 5.15. The van der Waals surface area contributed by atoms with Gasteiger partial charge in [-0.15, -0.1) is 0 Å². The fourth-order valence-electron chi connectivity index (χ4n) is 2.20. The highest BCUT2D eigenvalue weighted by Crippen LogP contribution is 2.41. The van der Waals surface area contributed by atoms with Crippen LogP contribution in [0.1, 0.15) is 19.0 Å². The van der Waals surface area contributed by atoms with E-state index in [1.54, 1.807) is 13.4 Å². The van der Waals surface area contributed by atoms with E-state index in [0.29, 0.717) is 11.9 Å². The Morgan fingerprint density at radius 3 is 2.88 bits per heavy atom. The van der Waals surface area contributed by atoms with E-state index in [9.17, 15) is 0 Å². The minimum Gasteiger partial charge on any atom is -0.481 e. The number of nitrogens with one attached hydrogen (secondary N) is 1. The number of nitrogens with zero attached hydrogens (tertiary/aromatic N) is 2. The third-order valence-corrected chi connectivity index (χ3v) is 3.40. The minimum absolute atomic E-state index is 0.523. The summed E-state index contributed by atoms with van der Waals surface area (Å²) in [5.41, 5.74) is 1.05. The lowest BCUT2D eigenvalue weighted by Gasteiger charge is -2.15. The Bertz CT molecular complexity index is 356. The lowest BCUT2D eigenvalue weighted by Crippen LogP contribution is -2.30. The molecule has 3 unspecified atom stereocenters. The number of ether oxygens (including phenoxy) is 1. The largest absolute Gasteiger partial charge is 0.481 e. The van der Waals surface area contributed by atoms with Gasteiger partial charge in [0.25, 0.3) is 0 Å². The molecule has 2 rings (SSSR count). The SMILES string of the molecule is CNC(Cc1cc(OC)ncn1)C1CC1C. The van der Waals surface area contributed by atoms with Crippen molar-refractivity contribution in [3.8, 4) is 5.88 Å². The van der Waals surface area contributed by atoms with Gasteiger partial charge in [0.2, 0.25) is 5.88 Å². The second kappa shape index (κ2) is 4.78. The van der Waals surface area contributed by atoms with Gasteiger partial charge < -0.3 is 10.1 Å². The lowest BCUT2D eigenvalue weighted by atomic mass is 10.1. The molecule has 0 radical (unpaired) electrons. The molecule has 1 aromatic heterocycles. The van der Waals surface area contributed by atoms with E-state index in [4.69, 9.17) is 4.74 Å². The highest BCUT2D eigenvalue weighted by Gasteiger charge is 2.38. The third-order valence-electron chi connectivity index (χ3n) is 3.40. The standard InChI is InChI=1S/C12H19N3O/c1-8-4-10(8)11(13-2)5-9-6-12(16-3)15-7-14-9/h6-8,10-11,13H,4-5H2,1-3H3. The molecule has 1 fully saturated rings. The number of hydrogen-bond donors (Lipinski definition) is 1. The van der Waals surface area contributed by atoms with Crippen LogP contribution in [0.3, 0.4) is 0 Å². The van der Waals surface area contributed by atoms with Crippen LogP contribution in [0.5, 0.6) is 5.88 Å². The molecule has 1 saturated carbocycles. The van der Waals surface area contributed by atoms with E-state index >= 15 is 0 Å². The maximum atomic E-state index is 5.10. The topological polar surface area (TPSA) is 47.0 Å². The first-order valence-corrected chi connectivity index (χ1v) is 5.76. The summed E-state index contributed by atoms with van der Waals surface area (Å²) in [4.78, 5) is 8.29. The molecule has 4 nitrogen and oxygen atoms in total. The van der Waals surface area contributed by atoms with Gasteiger partial charge in [-0.3, -0.25) is 0 Å². The number of aromatic nitrogens is 2. The van der Waals surface area contributed by atoms with E-state index < -0.39 is 0 Å². The Labute approximate surface area is 96.4 Å². The van der Waals surface area contributed by atoms with Gasteiger partial charge in [-0.2, -0.15) is 0 Å². The van der Waals surface area contributed by atoms with Crippen LogP contribution < -0.4 is 10.1 Å². The molecule has 88 valence electrons. The fourth-order valence-corrected chi connectivity index (χ4v) is 2.20. The van der Waals surface area contributed by atoms with Crippen LogP contribution in [-0.4, -0.2) is 30.2 Å². The molecule has 0 amide bonds. The van der Waals surface area contributed by atoms with Crippen LogP contribution in [0.15, 0.2) is 12.4 Å². The molecule has 0 bridgehead atoms. The van der Waals surface area contributed by atoms with Crippen molar-refractivity contribution in [2.75, 3.05) is 14.2 Å². The molecule has 0 aromatic carbocycles. The summed E-state index contributed by atoms with van der Waals surface area (Å²) in [6.45, 7) is 2.30. The van der Waals surface area contributed by atoms with Crippen molar-refractivity contribution in [1.29, 1.82) is 0 Å². The molecule has 1 heterocycles. The number of hydrogen-bond acceptors (Lipinski definition) is 4. The van der Waals surface area contributed by atoms with E-state index in [-0.39, 0.29) is 0 Å². The van der Waals surface area contributed by atoms with Gasteiger partial charge in [-0.25, -0.2) is 9.97 Å². The molecule has 1 aliphatic carbocycles. The first-order chi connectivity index (χ1) is 7.74. The normalized spacial score (nSPS) is 25.2. The first kappa shape index (κ1) is 11.3. The van der Waals surface area contributed by atoms with Gasteiger partial charge in [-0.1, -0.05) is 6.92 Å². The van der Waals surface area contributed by atoms with Gasteiger partial charge in [0.1, 0.15) is 6.33 Å². The zero-order chi connectivity index (χ0) is 11.5. The molecule has 16 heavy (non-hydrogen) atoms. The quantitative estimate of drug-likeness (QED) is 0.813. The summed E-state index contributed by atoms with van der Waals surface area (Å²) in [6.07, 6.45) is 3.84. The maximum Gasteiger partial charge on any atom is 0.216 e. The van der Waals surface area contributed by atoms with E-state index in [1.165, 1.54) is 6.42 Å². The fraction of sp³-hybridized carbons (Fsp3) is 0.667. The molecular weight excluding hydrogens is 202 g/mol. The molecule has 3 atom stereocenters. The highest BCUT2D eigenvalue weighted by atomic mass is 16.5. The molecule has 4 heteroatoms. The summed E-state index contributed by atoms with van der Waals surface area (Å²) in [5.74, 6) is 2.29. The summed E-state index contributed by atoms with van der Waals surface area (Å²) in [5, 5.41) is 3.38. The maximum absolute atomic E-state index is 5.10. The molecule has 0 spiro atoms. The summed E-state index contributed by atoms with van der Waals surface area (Å²) in [7, 11) is 3.65. The van der Waals surface area contributed by atoms with Crippen LogP contribution >= 0.6 is 0 Å². The third kappa shape index (κ3) is 2.50. The minimum atomic E-state index is 0.523. The van der Waals surface area contributed by atoms with Crippen LogP contribution in [0, 0.1) is 11.8 Å². The monoisotopic (exact) mass is 221 g/mol. The van der Waals surface area contributed by atoms with Gasteiger partial charge in [-0.05, 0) is 25.3 Å². The van der Waals surface area contributed by atoms with Gasteiger partial charge in [0, 0.05) is 24.2 Å². The Morgan fingerprint density at radius 1 is 1.56 bits per heavy atom. The summed E-state index contributed by atoms with van der Waals surface area (Å²) in [6, 6.07) is 2.44. The predicted molar refractivity (Wildman–Crippen MR) is 62.4 cm³/mol. The number of likely N-dealkylation sites (N-methyl/N-ethyl adjacent to an activating group) is 1. The van der Waals surface area contributed by atoms with Crippen molar-refractivity contribution in [3.63, 3.8) is 0 Å². The summed E-state index contributed by atoms with van der Waals surface area (Å²) < 4.78 is 5.10. The number of rotatable bonds is 5. The van der Waals surface area contributed by atoms with Crippen molar-refractivity contribution < 1.29 is 4.74 Å². The molecule has 0 aliphatic heterocycles. The van der Waals surface area contributed by atoms with E-state index in [1.807, 2.05) is 13.1 Å². The average molecular weight is 221 g/mol. The first-order valence-electron chi connectivity index (χ1n) is 5.76. The van der Waals surface area contributed by atoms with Crippen LogP contribution in [0.4, 0.5) is 0 Å². The second-order valence-electron chi connectivity index (χ2n) is 4.53. The van der Waals surface area contributed by atoms with E-state index in [2.05, 4.69) is 22.2 Å². The second-order valence-corrected chi connectivity index (χ2v) is 4.53. The van der Waals surface area contributed by atoms with Crippen molar-refractivity contribution in [2.45, 2.75) is 25.8 Å². The van der Waals surface area contributed by atoms with E-state index in [0.717, 1.165) is 24.0 Å². The molecular formula is C12H19N3O. The number of methoxy groups -OCH3 is 1. The Hall–Kier alpha value is -1.16. The van der Waals surface area contributed by atoms with Crippen LogP contribution in [0.25, 0.3) is 0 Å². The van der Waals surface area contributed by atoms with Crippen molar-refractivity contribution in [3.05, 3.63) is 18.1 Å². The average Bonchev–Trinajstić information content (AvgIpc) is 3.03. The Morgan fingerprint density at radius 2 is 2.31 bits per heavy atom. The zero-order valence-corrected chi connectivity index (χ0v) is 10.1. The Kier molecular flexibility index (Phi) is 3.39. The zero-order valence-electron chi connectivity index (χ0n) is 10.1. The van der Waals surface area contributed by atoms with Crippen molar-refractivity contribution in [1.82, 2.24) is 15.3 Å². The molecule has 1 aliphatic rings. The molecule has 1 aromatic rings. The van der Waals surface area contributed by atoms with Crippen LogP contribution in [-0.2, 0) is 6.42 Å². The Balaban J connectivity index is 2.01. The van der Waals surface area contributed by atoms with Crippen molar-refractivity contribution >= 4 is 0 Å². The molecule has 1 N–H and O–H groups in total.